The molecule has 1 atom stereocenters. The van der Waals surface area contributed by atoms with Gasteiger partial charge < -0.3 is 15.2 Å². The number of amides is 1. The number of nitrogens with one attached hydrogen (secondary N) is 1. The van der Waals surface area contributed by atoms with Gasteiger partial charge in [-0.25, -0.2) is 14.0 Å². The van der Waals surface area contributed by atoms with Crippen LogP contribution < -0.4 is 5.32 Å². The molecule has 0 aliphatic heterocycles. The quantitative estimate of drug-likeness (QED) is 0.897. The van der Waals surface area contributed by atoms with E-state index in [0.717, 1.165) is 12.1 Å². The van der Waals surface area contributed by atoms with Gasteiger partial charge in [-0.3, -0.25) is 0 Å². The van der Waals surface area contributed by atoms with Crippen LogP contribution in [0.2, 0.25) is 5.02 Å². The summed E-state index contributed by atoms with van der Waals surface area (Å²) < 4.78 is 18.1. The summed E-state index contributed by atoms with van der Waals surface area (Å²) in [6, 6.07) is 3.26. The number of carbonyl (C=O) groups excluding carboxylic acids is 1. The van der Waals surface area contributed by atoms with Gasteiger partial charge >= 0.3 is 12.1 Å². The molecule has 0 spiro atoms. The third kappa shape index (κ3) is 4.32. The number of carboxylic acids is 1. The first-order chi connectivity index (χ1) is 9.45. The predicted molar refractivity (Wildman–Crippen MR) is 75.8 cm³/mol. The SMILES string of the molecule is CC(C)(C)OC(=O)NC(C)(C(=O)O)c1ccc(F)cc1Cl. The van der Waals surface area contributed by atoms with Crippen LogP contribution in [0.25, 0.3) is 0 Å². The smallest absolute Gasteiger partial charge is 0.408 e. The fourth-order valence-electron chi connectivity index (χ4n) is 1.64. The molecular weight excluding hydrogens is 301 g/mol. The number of benzene rings is 1. The van der Waals surface area contributed by atoms with Crippen LogP contribution in [0.15, 0.2) is 18.2 Å². The van der Waals surface area contributed by atoms with Gasteiger partial charge in [0, 0.05) is 10.6 Å². The topological polar surface area (TPSA) is 75.6 Å². The zero-order valence-electron chi connectivity index (χ0n) is 12.2. The van der Waals surface area contributed by atoms with Crippen LogP contribution in [0.4, 0.5) is 9.18 Å². The van der Waals surface area contributed by atoms with Crippen molar-refractivity contribution in [2.24, 2.45) is 0 Å². The summed E-state index contributed by atoms with van der Waals surface area (Å²) in [7, 11) is 0. The Morgan fingerprint density at radius 3 is 2.29 bits per heavy atom. The van der Waals surface area contributed by atoms with Gasteiger partial charge in [-0.1, -0.05) is 17.7 Å². The molecule has 0 radical (unpaired) electrons. The van der Waals surface area contributed by atoms with Gasteiger partial charge in [-0.15, -0.1) is 0 Å². The van der Waals surface area contributed by atoms with Crippen LogP contribution >= 0.6 is 11.6 Å². The predicted octanol–water partition coefficient (Wildman–Crippen LogP) is 3.30. The first-order valence-electron chi connectivity index (χ1n) is 6.16. The summed E-state index contributed by atoms with van der Waals surface area (Å²) in [5.74, 6) is -1.95. The Morgan fingerprint density at radius 1 is 1.29 bits per heavy atom. The number of hydrogen-bond acceptors (Lipinski definition) is 3. The van der Waals surface area contributed by atoms with Crippen molar-refractivity contribution in [2.75, 3.05) is 0 Å². The van der Waals surface area contributed by atoms with Gasteiger partial charge in [-0.05, 0) is 39.8 Å². The minimum Gasteiger partial charge on any atom is -0.479 e. The van der Waals surface area contributed by atoms with E-state index in [-0.39, 0.29) is 10.6 Å². The van der Waals surface area contributed by atoms with Crippen molar-refractivity contribution in [3.63, 3.8) is 0 Å². The third-order valence-electron chi connectivity index (χ3n) is 2.65. The lowest BCUT2D eigenvalue weighted by atomic mass is 9.92. The van der Waals surface area contributed by atoms with Gasteiger partial charge in [-0.2, -0.15) is 0 Å². The van der Waals surface area contributed by atoms with Crippen LogP contribution in [0.5, 0.6) is 0 Å². The molecule has 0 aromatic heterocycles. The zero-order valence-corrected chi connectivity index (χ0v) is 12.9. The lowest BCUT2D eigenvalue weighted by Gasteiger charge is -2.29. The molecule has 1 amide bonds. The molecule has 0 saturated heterocycles. The largest absolute Gasteiger partial charge is 0.479 e. The number of carbonyl (C=O) groups is 2. The van der Waals surface area contributed by atoms with E-state index in [0.29, 0.717) is 0 Å². The fourth-order valence-corrected chi connectivity index (χ4v) is 1.99. The highest BCUT2D eigenvalue weighted by Crippen LogP contribution is 2.29. The number of rotatable bonds is 3. The van der Waals surface area contributed by atoms with Crippen molar-refractivity contribution < 1.29 is 23.8 Å². The number of ether oxygens (including phenoxy) is 1. The van der Waals surface area contributed by atoms with Crippen molar-refractivity contribution >= 4 is 23.7 Å². The van der Waals surface area contributed by atoms with E-state index >= 15 is 0 Å². The monoisotopic (exact) mass is 317 g/mol. The normalized spacial score (nSPS) is 14.2. The summed E-state index contributed by atoms with van der Waals surface area (Å²) in [5, 5.41) is 11.6. The van der Waals surface area contributed by atoms with E-state index in [1.807, 2.05) is 0 Å². The van der Waals surface area contributed by atoms with Crippen molar-refractivity contribution in [1.82, 2.24) is 5.32 Å². The molecule has 2 N–H and O–H groups in total. The first kappa shape index (κ1) is 17.2. The van der Waals surface area contributed by atoms with E-state index in [1.54, 1.807) is 20.8 Å². The zero-order chi connectivity index (χ0) is 16.4. The molecule has 1 rings (SSSR count). The number of hydrogen-bond donors (Lipinski definition) is 2. The average Bonchev–Trinajstić information content (AvgIpc) is 2.24. The Morgan fingerprint density at radius 2 is 1.86 bits per heavy atom. The second-order valence-electron chi connectivity index (χ2n) is 5.68. The Balaban J connectivity index is 3.15. The average molecular weight is 318 g/mol. The molecule has 116 valence electrons. The van der Waals surface area contributed by atoms with Crippen molar-refractivity contribution in [2.45, 2.75) is 38.8 Å². The second kappa shape index (κ2) is 5.89. The molecule has 1 aromatic carbocycles. The Labute approximate surface area is 127 Å². The van der Waals surface area contributed by atoms with Crippen LogP contribution in [-0.4, -0.2) is 22.8 Å². The van der Waals surface area contributed by atoms with Gasteiger partial charge in [0.15, 0.2) is 5.54 Å². The number of halogens is 2. The molecule has 1 aromatic rings. The third-order valence-corrected chi connectivity index (χ3v) is 2.96. The first-order valence-corrected chi connectivity index (χ1v) is 6.53. The molecule has 0 bridgehead atoms. The van der Waals surface area contributed by atoms with Gasteiger partial charge in [0.2, 0.25) is 0 Å². The van der Waals surface area contributed by atoms with Gasteiger partial charge in [0.05, 0.1) is 0 Å². The van der Waals surface area contributed by atoms with Crippen LogP contribution in [0, 0.1) is 5.82 Å². The van der Waals surface area contributed by atoms with Crippen LogP contribution in [-0.2, 0) is 15.1 Å². The maximum Gasteiger partial charge on any atom is 0.408 e. The summed E-state index contributed by atoms with van der Waals surface area (Å²) in [6.45, 7) is 6.19. The maximum absolute atomic E-state index is 13.1. The minimum atomic E-state index is -1.84. The van der Waals surface area contributed by atoms with E-state index in [2.05, 4.69) is 5.32 Å². The minimum absolute atomic E-state index is 0.0592. The Hall–Kier alpha value is -1.82. The number of alkyl carbamates (subject to hydrolysis) is 1. The highest BCUT2D eigenvalue weighted by molar-refractivity contribution is 6.31. The molecule has 5 nitrogen and oxygen atoms in total. The highest BCUT2D eigenvalue weighted by Gasteiger charge is 2.40. The molecule has 0 fully saturated rings. The molecule has 7 heteroatoms. The van der Waals surface area contributed by atoms with Crippen LogP contribution in [0.1, 0.15) is 33.3 Å². The van der Waals surface area contributed by atoms with Crippen molar-refractivity contribution in [1.29, 1.82) is 0 Å². The van der Waals surface area contributed by atoms with E-state index in [1.165, 1.54) is 13.0 Å². The maximum atomic E-state index is 13.1. The van der Waals surface area contributed by atoms with Crippen molar-refractivity contribution in [3.8, 4) is 0 Å². The molecule has 0 aliphatic carbocycles. The molecule has 0 saturated carbocycles. The second-order valence-corrected chi connectivity index (χ2v) is 6.09. The summed E-state index contributed by atoms with van der Waals surface area (Å²) in [5.41, 5.74) is -2.56. The van der Waals surface area contributed by atoms with Crippen molar-refractivity contribution in [3.05, 3.63) is 34.6 Å². The molecule has 21 heavy (non-hydrogen) atoms. The van der Waals surface area contributed by atoms with E-state index in [4.69, 9.17) is 16.3 Å². The Bertz CT molecular complexity index is 571. The highest BCUT2D eigenvalue weighted by atomic mass is 35.5. The summed E-state index contributed by atoms with van der Waals surface area (Å²) in [4.78, 5) is 23.4. The van der Waals surface area contributed by atoms with Gasteiger partial charge in [0.25, 0.3) is 0 Å². The van der Waals surface area contributed by atoms with E-state index < -0.39 is 29.0 Å². The Kier molecular flexibility index (Phi) is 4.83. The molecule has 0 aliphatic rings. The van der Waals surface area contributed by atoms with Gasteiger partial charge in [0.1, 0.15) is 11.4 Å². The fraction of sp³-hybridized carbons (Fsp3) is 0.429. The number of carboxylic acid groups (broad SMARTS) is 1. The van der Waals surface area contributed by atoms with E-state index in [9.17, 15) is 19.1 Å². The molecule has 1 unspecified atom stereocenters. The summed E-state index contributed by atoms with van der Waals surface area (Å²) >= 11 is 5.88. The number of aliphatic carboxylic acids is 1. The molecular formula is C14H17ClFNO4. The lowest BCUT2D eigenvalue weighted by molar-refractivity contribution is -0.144. The molecule has 0 heterocycles. The summed E-state index contributed by atoms with van der Waals surface area (Å²) in [6.07, 6.45) is -0.909. The van der Waals surface area contributed by atoms with Crippen LogP contribution in [0.3, 0.4) is 0 Å². The standard InChI is InChI=1S/C14H17ClFNO4/c1-13(2,3)21-12(20)17-14(4,11(18)19)9-6-5-8(16)7-10(9)15/h5-7H,1-4H3,(H,17,20)(H,18,19). The lowest BCUT2D eigenvalue weighted by Crippen LogP contribution is -2.51.